The summed E-state index contributed by atoms with van der Waals surface area (Å²) in [5.74, 6) is -0.0330. The highest BCUT2D eigenvalue weighted by Gasteiger charge is 2.33. The summed E-state index contributed by atoms with van der Waals surface area (Å²) in [4.78, 5) is 13.3. The summed E-state index contributed by atoms with van der Waals surface area (Å²) in [6.07, 6.45) is 0. The lowest BCUT2D eigenvalue weighted by atomic mass is 9.99. The maximum Gasteiger partial charge on any atom is 0.309 e. The highest BCUT2D eigenvalue weighted by Crippen LogP contribution is 2.37. The number of hydrogen-bond donors (Lipinski definition) is 1. The molecule has 1 aliphatic heterocycles. The predicted octanol–water partition coefficient (Wildman–Crippen LogP) is 6.98. The van der Waals surface area contributed by atoms with Crippen molar-refractivity contribution in [3.63, 3.8) is 0 Å². The third-order valence-corrected chi connectivity index (χ3v) is 8.31. The van der Waals surface area contributed by atoms with E-state index in [4.69, 9.17) is 25.7 Å². The SMILES string of the molecule is O=C(O)C1CN(Cc2cc(Cl)c(OCc3cccc(-c4ccccc4)c3Br)cc2OCc2ccc3nonc3c2)C1. The Morgan fingerprint density at radius 3 is 2.51 bits per heavy atom. The molecule has 2 heterocycles. The number of carboxylic acid groups (broad SMARTS) is 1. The number of nitrogens with zero attached hydrogens (tertiary/aromatic N) is 3. The Bertz CT molecular complexity index is 1710. The van der Waals surface area contributed by atoms with Crippen LogP contribution in [0.25, 0.3) is 22.2 Å². The van der Waals surface area contributed by atoms with E-state index in [0.717, 1.165) is 32.3 Å². The van der Waals surface area contributed by atoms with Gasteiger partial charge in [-0.2, -0.15) is 0 Å². The second-order valence-corrected chi connectivity index (χ2v) is 11.1. The van der Waals surface area contributed by atoms with Gasteiger partial charge in [-0.05, 0) is 61.1 Å². The topological polar surface area (TPSA) is 97.9 Å². The molecule has 0 saturated carbocycles. The lowest BCUT2D eigenvalue weighted by molar-refractivity contribution is -0.147. The number of benzene rings is 4. The van der Waals surface area contributed by atoms with Crippen LogP contribution in [0.2, 0.25) is 5.02 Å². The summed E-state index contributed by atoms with van der Waals surface area (Å²) in [6.45, 7) is 2.04. The molecule has 0 atom stereocenters. The summed E-state index contributed by atoms with van der Waals surface area (Å²) in [5.41, 5.74) is 6.22. The molecule has 1 N–H and O–H groups in total. The van der Waals surface area contributed by atoms with Crippen molar-refractivity contribution in [2.75, 3.05) is 13.1 Å². The van der Waals surface area contributed by atoms with Crippen LogP contribution in [0.4, 0.5) is 0 Å². The van der Waals surface area contributed by atoms with E-state index >= 15 is 0 Å². The highest BCUT2D eigenvalue weighted by molar-refractivity contribution is 9.10. The average molecular weight is 635 g/mol. The molecule has 4 aromatic carbocycles. The monoisotopic (exact) mass is 633 g/mol. The molecule has 1 saturated heterocycles. The molecule has 1 aliphatic rings. The number of aliphatic carboxylic acids is 1. The summed E-state index contributed by atoms with van der Waals surface area (Å²) < 4.78 is 18.2. The van der Waals surface area contributed by atoms with Gasteiger partial charge in [0.1, 0.15) is 35.7 Å². The standard InChI is InChI=1S/C31H25BrClN3O5/c32-30-21(7-4-8-24(30)20-5-2-1-3-6-20)18-40-29-13-28(39-17-19-9-10-26-27(11-19)35-41-34-26)22(12-25(29)33)14-36-15-23(16-36)31(37)38/h1-13,23H,14-18H2,(H,37,38). The number of fused-ring (bicyclic) bond motifs is 1. The molecule has 0 amide bonds. The molecule has 10 heteroatoms. The van der Waals surface area contributed by atoms with Gasteiger partial charge in [-0.15, -0.1) is 0 Å². The van der Waals surface area contributed by atoms with E-state index in [9.17, 15) is 9.90 Å². The number of likely N-dealkylation sites (tertiary alicyclic amines) is 1. The maximum absolute atomic E-state index is 11.3. The molecule has 0 spiro atoms. The van der Waals surface area contributed by atoms with Gasteiger partial charge in [-0.3, -0.25) is 9.69 Å². The quantitative estimate of drug-likeness (QED) is 0.176. The average Bonchev–Trinajstić information content (AvgIpc) is 3.42. The minimum absolute atomic E-state index is 0.277. The van der Waals surface area contributed by atoms with Crippen molar-refractivity contribution in [3.8, 4) is 22.6 Å². The minimum Gasteiger partial charge on any atom is -0.488 e. The second-order valence-electron chi connectivity index (χ2n) is 9.93. The minimum atomic E-state index is -0.778. The van der Waals surface area contributed by atoms with Crippen molar-refractivity contribution in [2.24, 2.45) is 5.92 Å². The molecule has 1 fully saturated rings. The van der Waals surface area contributed by atoms with E-state index in [0.29, 0.717) is 53.8 Å². The van der Waals surface area contributed by atoms with Crippen molar-refractivity contribution in [2.45, 2.75) is 19.8 Å². The number of hydrogen-bond acceptors (Lipinski definition) is 7. The molecule has 6 rings (SSSR count). The van der Waals surface area contributed by atoms with Gasteiger partial charge in [0.2, 0.25) is 0 Å². The molecule has 0 unspecified atom stereocenters. The van der Waals surface area contributed by atoms with Crippen LogP contribution in [-0.4, -0.2) is 39.4 Å². The first kappa shape index (κ1) is 27.3. The van der Waals surface area contributed by atoms with Gasteiger partial charge < -0.3 is 14.6 Å². The number of carboxylic acids is 1. The van der Waals surface area contributed by atoms with Gasteiger partial charge in [0.05, 0.1) is 10.9 Å². The predicted molar refractivity (Wildman–Crippen MR) is 158 cm³/mol. The Balaban J connectivity index is 1.23. The molecule has 5 aromatic rings. The summed E-state index contributed by atoms with van der Waals surface area (Å²) in [7, 11) is 0. The molecule has 41 heavy (non-hydrogen) atoms. The van der Waals surface area contributed by atoms with Gasteiger partial charge in [0.25, 0.3) is 0 Å². The van der Waals surface area contributed by atoms with Crippen LogP contribution in [0.15, 0.2) is 88.0 Å². The molecule has 208 valence electrons. The number of carbonyl (C=O) groups is 1. The van der Waals surface area contributed by atoms with Gasteiger partial charge in [0.15, 0.2) is 0 Å². The molecule has 0 radical (unpaired) electrons. The van der Waals surface area contributed by atoms with E-state index in [1.54, 1.807) is 6.07 Å². The van der Waals surface area contributed by atoms with E-state index in [1.807, 2.05) is 54.6 Å². The maximum atomic E-state index is 11.3. The Kier molecular flexibility index (Phi) is 7.91. The smallest absolute Gasteiger partial charge is 0.309 e. The zero-order valence-corrected chi connectivity index (χ0v) is 24.1. The first-order chi connectivity index (χ1) is 19.9. The first-order valence-electron chi connectivity index (χ1n) is 13.0. The number of ether oxygens (including phenoxy) is 2. The zero-order chi connectivity index (χ0) is 28.3. The Morgan fingerprint density at radius 1 is 0.927 bits per heavy atom. The summed E-state index contributed by atoms with van der Waals surface area (Å²) >= 11 is 10.5. The van der Waals surface area contributed by atoms with Crippen LogP contribution < -0.4 is 9.47 Å². The van der Waals surface area contributed by atoms with Gasteiger partial charge in [0, 0.05) is 41.3 Å². The number of halogens is 2. The molecule has 8 nitrogen and oxygen atoms in total. The van der Waals surface area contributed by atoms with Crippen LogP contribution in [0, 0.1) is 5.92 Å². The van der Waals surface area contributed by atoms with Crippen LogP contribution in [-0.2, 0) is 24.6 Å². The zero-order valence-electron chi connectivity index (χ0n) is 21.8. The fourth-order valence-corrected chi connectivity index (χ4v) is 5.66. The molecular formula is C31H25BrClN3O5. The Hall–Kier alpha value is -3.92. The number of aromatic nitrogens is 2. The fourth-order valence-electron chi connectivity index (χ4n) is 4.81. The molecule has 1 aromatic heterocycles. The number of rotatable bonds is 10. The lowest BCUT2D eigenvalue weighted by Crippen LogP contribution is -2.49. The normalized spacial score (nSPS) is 13.7. The van der Waals surface area contributed by atoms with E-state index in [-0.39, 0.29) is 12.5 Å². The van der Waals surface area contributed by atoms with E-state index < -0.39 is 5.97 Å². The molecule has 0 bridgehead atoms. The van der Waals surface area contributed by atoms with E-state index in [2.05, 4.69) is 49.3 Å². The third-order valence-electron chi connectivity index (χ3n) is 7.07. The Morgan fingerprint density at radius 2 is 1.71 bits per heavy atom. The van der Waals surface area contributed by atoms with Gasteiger partial charge in [-0.25, -0.2) is 4.63 Å². The largest absolute Gasteiger partial charge is 0.488 e. The highest BCUT2D eigenvalue weighted by atomic mass is 79.9. The fraction of sp³-hybridized carbons (Fsp3) is 0.194. The van der Waals surface area contributed by atoms with Crippen molar-refractivity contribution in [1.82, 2.24) is 15.2 Å². The third kappa shape index (κ3) is 6.07. The van der Waals surface area contributed by atoms with Gasteiger partial charge in [-0.1, -0.05) is 66.2 Å². The lowest BCUT2D eigenvalue weighted by Gasteiger charge is -2.37. The second kappa shape index (κ2) is 11.9. The molecule has 0 aliphatic carbocycles. The van der Waals surface area contributed by atoms with Crippen molar-refractivity contribution >= 4 is 44.5 Å². The van der Waals surface area contributed by atoms with Crippen LogP contribution in [0.5, 0.6) is 11.5 Å². The van der Waals surface area contributed by atoms with Crippen molar-refractivity contribution < 1.29 is 24.0 Å². The first-order valence-corrected chi connectivity index (χ1v) is 14.2. The van der Waals surface area contributed by atoms with Crippen LogP contribution in [0.1, 0.15) is 16.7 Å². The van der Waals surface area contributed by atoms with Crippen LogP contribution in [0.3, 0.4) is 0 Å². The summed E-state index contributed by atoms with van der Waals surface area (Å²) in [5, 5.41) is 17.5. The van der Waals surface area contributed by atoms with Crippen molar-refractivity contribution in [1.29, 1.82) is 0 Å². The van der Waals surface area contributed by atoms with Crippen LogP contribution >= 0.6 is 27.5 Å². The summed E-state index contributed by atoms with van der Waals surface area (Å²) in [6, 6.07) is 25.5. The molecular weight excluding hydrogens is 610 g/mol. The Labute approximate surface area is 249 Å². The van der Waals surface area contributed by atoms with Crippen molar-refractivity contribution in [3.05, 3.63) is 105 Å². The van der Waals surface area contributed by atoms with Gasteiger partial charge >= 0.3 is 5.97 Å². The van der Waals surface area contributed by atoms with E-state index in [1.165, 1.54) is 0 Å².